The summed E-state index contributed by atoms with van der Waals surface area (Å²) in [7, 11) is 1.39. The van der Waals surface area contributed by atoms with Crippen LogP contribution < -0.4 is 5.73 Å². The second kappa shape index (κ2) is 9.93. The molecule has 5 atom stereocenters. The molecule has 0 aromatic carbocycles. The number of nitrogen functional groups attached to an aromatic ring is 1. The van der Waals surface area contributed by atoms with E-state index >= 15 is 0 Å². The molecule has 1 fully saturated rings. The number of halogens is 4. The van der Waals surface area contributed by atoms with Gasteiger partial charge in [-0.25, -0.2) is 14.6 Å². The van der Waals surface area contributed by atoms with Gasteiger partial charge >= 0.3 is 6.18 Å². The van der Waals surface area contributed by atoms with Crippen LogP contribution in [0.5, 0.6) is 0 Å². The van der Waals surface area contributed by atoms with Crippen LogP contribution in [0.1, 0.15) is 11.7 Å². The molecule has 0 spiro atoms. The molecular formula is C18H18ClF3N6O4S2. The molecule has 3 aromatic heterocycles. The molecule has 4 N–H and O–H groups in total. The fraction of sp³-hybridized carbons (Fsp3) is 0.444. The van der Waals surface area contributed by atoms with Crippen LogP contribution in [0.25, 0.3) is 11.4 Å². The fourth-order valence-corrected chi connectivity index (χ4v) is 5.55. The Balaban J connectivity index is 1.63. The number of anilines is 1. The number of hydrogen-bond acceptors (Lipinski definition) is 11. The molecule has 1 saturated heterocycles. The summed E-state index contributed by atoms with van der Waals surface area (Å²) in [4.78, 5) is 7.84. The highest BCUT2D eigenvalue weighted by molar-refractivity contribution is 7.99. The molecule has 0 saturated carbocycles. The number of aromatic nitrogens is 5. The minimum Gasteiger partial charge on any atom is -0.394 e. The quantitative estimate of drug-likeness (QED) is 0.428. The molecule has 0 aliphatic carbocycles. The predicted molar refractivity (Wildman–Crippen MR) is 117 cm³/mol. The minimum absolute atomic E-state index is 0.272. The minimum atomic E-state index is -4.69. The lowest BCUT2D eigenvalue weighted by Gasteiger charge is -2.43. The lowest BCUT2D eigenvalue weighted by molar-refractivity contribution is -0.186. The molecular weight excluding hydrogens is 521 g/mol. The zero-order valence-electron chi connectivity index (χ0n) is 17.3. The highest BCUT2D eigenvalue weighted by Crippen LogP contribution is 2.41. The lowest BCUT2D eigenvalue weighted by Crippen LogP contribution is -2.55. The van der Waals surface area contributed by atoms with E-state index in [0.717, 1.165) is 24.0 Å². The number of methoxy groups -OCH3 is 1. The molecule has 0 bridgehead atoms. The predicted octanol–water partition coefficient (Wildman–Crippen LogP) is 2.48. The van der Waals surface area contributed by atoms with Crippen LogP contribution >= 0.6 is 34.7 Å². The van der Waals surface area contributed by atoms with E-state index in [9.17, 15) is 23.4 Å². The SMILES string of the molecule is COC1C(Sc2cnc(C(F)(F)F)c(Cl)c2)OC(CO)C(O)C1n1cc(-c2csc(N)n2)nn1. The van der Waals surface area contributed by atoms with Crippen molar-refractivity contribution >= 4 is 39.8 Å². The van der Waals surface area contributed by atoms with E-state index in [0.29, 0.717) is 16.5 Å². The summed E-state index contributed by atoms with van der Waals surface area (Å²) >= 11 is 8.00. The average molecular weight is 539 g/mol. The molecule has 10 nitrogen and oxygen atoms in total. The van der Waals surface area contributed by atoms with E-state index in [1.54, 1.807) is 11.6 Å². The highest BCUT2D eigenvalue weighted by atomic mass is 35.5. The Morgan fingerprint density at radius 3 is 2.74 bits per heavy atom. The monoisotopic (exact) mass is 538 g/mol. The number of aliphatic hydroxyl groups excluding tert-OH is 2. The lowest BCUT2D eigenvalue weighted by atomic mass is 9.97. The number of aliphatic hydroxyl groups is 2. The van der Waals surface area contributed by atoms with Gasteiger partial charge in [0, 0.05) is 23.6 Å². The van der Waals surface area contributed by atoms with Gasteiger partial charge in [0.2, 0.25) is 0 Å². The van der Waals surface area contributed by atoms with Crippen LogP contribution in [-0.2, 0) is 15.7 Å². The Morgan fingerprint density at radius 2 is 2.15 bits per heavy atom. The van der Waals surface area contributed by atoms with Gasteiger partial charge in [0.1, 0.15) is 41.2 Å². The van der Waals surface area contributed by atoms with Crippen molar-refractivity contribution in [1.29, 1.82) is 0 Å². The molecule has 0 amide bonds. The van der Waals surface area contributed by atoms with Crippen molar-refractivity contribution in [2.45, 2.75) is 40.9 Å². The van der Waals surface area contributed by atoms with Crippen molar-refractivity contribution in [3.63, 3.8) is 0 Å². The van der Waals surface area contributed by atoms with Crippen LogP contribution in [0.2, 0.25) is 5.02 Å². The fourth-order valence-electron chi connectivity index (χ4n) is 3.48. The highest BCUT2D eigenvalue weighted by Gasteiger charge is 2.47. The van der Waals surface area contributed by atoms with E-state index in [4.69, 9.17) is 26.8 Å². The number of hydrogen-bond donors (Lipinski definition) is 3. The van der Waals surface area contributed by atoms with E-state index in [2.05, 4.69) is 20.3 Å². The van der Waals surface area contributed by atoms with Crippen LogP contribution in [0.4, 0.5) is 18.3 Å². The molecule has 5 unspecified atom stereocenters. The largest absolute Gasteiger partial charge is 0.434 e. The topological polar surface area (TPSA) is 141 Å². The number of thiazole rings is 1. The molecule has 1 aliphatic rings. The summed E-state index contributed by atoms with van der Waals surface area (Å²) in [5.41, 5.74) is 4.51. The number of ether oxygens (including phenoxy) is 2. The van der Waals surface area contributed by atoms with Gasteiger partial charge in [-0.05, 0) is 6.07 Å². The second-order valence-electron chi connectivity index (χ2n) is 7.18. The summed E-state index contributed by atoms with van der Waals surface area (Å²) in [5, 5.41) is 30.3. The number of rotatable bonds is 6. The number of thioether (sulfide) groups is 1. The Morgan fingerprint density at radius 1 is 1.38 bits per heavy atom. The van der Waals surface area contributed by atoms with Crippen LogP contribution in [0.15, 0.2) is 28.7 Å². The van der Waals surface area contributed by atoms with E-state index in [1.165, 1.54) is 23.1 Å². The Hall–Kier alpha value is -2.01. The third-order valence-electron chi connectivity index (χ3n) is 5.03. The maximum atomic E-state index is 13.0. The molecule has 184 valence electrons. The van der Waals surface area contributed by atoms with Gasteiger partial charge in [-0.15, -0.1) is 16.4 Å². The van der Waals surface area contributed by atoms with Gasteiger partial charge in [0.15, 0.2) is 10.8 Å². The third-order valence-corrected chi connectivity index (χ3v) is 7.10. The van der Waals surface area contributed by atoms with Gasteiger partial charge in [0.05, 0.1) is 17.8 Å². The van der Waals surface area contributed by atoms with Crippen molar-refractivity contribution in [3.05, 3.63) is 34.6 Å². The smallest absolute Gasteiger partial charge is 0.394 e. The summed E-state index contributed by atoms with van der Waals surface area (Å²) in [6.45, 7) is -0.526. The maximum Gasteiger partial charge on any atom is 0.434 e. The average Bonchev–Trinajstić information content (AvgIpc) is 3.42. The van der Waals surface area contributed by atoms with Crippen molar-refractivity contribution in [3.8, 4) is 11.4 Å². The molecule has 16 heteroatoms. The molecule has 1 aliphatic heterocycles. The molecule has 4 heterocycles. The van der Waals surface area contributed by atoms with Gasteiger partial charge < -0.3 is 25.4 Å². The number of nitrogens with zero attached hydrogens (tertiary/aromatic N) is 5. The normalized spacial score (nSPS) is 25.6. The van der Waals surface area contributed by atoms with Gasteiger partial charge in [0.25, 0.3) is 0 Å². The van der Waals surface area contributed by atoms with E-state index < -0.39 is 53.3 Å². The zero-order valence-corrected chi connectivity index (χ0v) is 19.6. The molecule has 0 radical (unpaired) electrons. The van der Waals surface area contributed by atoms with Crippen LogP contribution in [0, 0.1) is 0 Å². The van der Waals surface area contributed by atoms with Crippen molar-refractivity contribution in [2.24, 2.45) is 0 Å². The first-order valence-corrected chi connectivity index (χ1v) is 11.8. The first kappa shape index (κ1) is 25.1. The van der Waals surface area contributed by atoms with Crippen LogP contribution in [-0.4, -0.2) is 72.6 Å². The summed E-state index contributed by atoms with van der Waals surface area (Å²) in [6, 6.07) is 0.260. The maximum absolute atomic E-state index is 13.0. The number of nitrogens with two attached hydrogens (primary N) is 1. The van der Waals surface area contributed by atoms with Gasteiger partial charge in [-0.1, -0.05) is 28.6 Å². The standard InChI is InChI=1S/C18H18ClF3N6O4S2/c1-31-14-12(28-4-9(26-27-28)10-6-33-17(23)25-10)13(30)11(5-29)32-16(14)34-7-2-8(19)15(24-3-7)18(20,21)22/h2-4,6,11-14,16,29-30H,5H2,1H3,(H2,23,25). The first-order chi connectivity index (χ1) is 16.1. The summed E-state index contributed by atoms with van der Waals surface area (Å²) in [5.74, 6) is 0. The first-order valence-electron chi connectivity index (χ1n) is 9.62. The van der Waals surface area contributed by atoms with Crippen LogP contribution in [0.3, 0.4) is 0 Å². The Bertz CT molecular complexity index is 1150. The third kappa shape index (κ3) is 5.00. The van der Waals surface area contributed by atoms with Crippen molar-refractivity contribution in [2.75, 3.05) is 19.5 Å². The summed E-state index contributed by atoms with van der Waals surface area (Å²) in [6.07, 6.45) is -5.25. The second-order valence-corrected chi connectivity index (χ2v) is 9.65. The van der Waals surface area contributed by atoms with Crippen molar-refractivity contribution in [1.82, 2.24) is 25.0 Å². The van der Waals surface area contributed by atoms with Crippen molar-refractivity contribution < 1.29 is 32.9 Å². The number of pyridine rings is 1. The van der Waals surface area contributed by atoms with E-state index in [-0.39, 0.29) is 4.90 Å². The molecule has 34 heavy (non-hydrogen) atoms. The molecule has 4 rings (SSSR count). The van der Waals surface area contributed by atoms with Gasteiger partial charge in [-0.2, -0.15) is 13.2 Å². The zero-order chi connectivity index (χ0) is 24.6. The summed E-state index contributed by atoms with van der Waals surface area (Å²) < 4.78 is 51.7. The van der Waals surface area contributed by atoms with E-state index in [1.807, 2.05) is 0 Å². The number of alkyl halides is 3. The van der Waals surface area contributed by atoms with Gasteiger partial charge in [-0.3, -0.25) is 0 Å². The Labute approximate surface area is 203 Å². The molecule has 3 aromatic rings. The Kier molecular flexibility index (Phi) is 7.33.